The molecule has 7 nitrogen and oxygen atoms in total. The SMILES string of the molecule is CCOC(=O)c1c(NC(=O)CNc2ccccc2C(=O)NC(C)C)sc2c1CCC2. The number of ether oxygens (including phenoxy) is 1. The van der Waals surface area contributed by atoms with Gasteiger partial charge in [-0.1, -0.05) is 12.1 Å². The van der Waals surface area contributed by atoms with E-state index in [1.54, 1.807) is 31.2 Å². The third kappa shape index (κ3) is 4.99. The van der Waals surface area contributed by atoms with Gasteiger partial charge in [0.15, 0.2) is 0 Å². The summed E-state index contributed by atoms with van der Waals surface area (Å²) in [6.07, 6.45) is 2.75. The van der Waals surface area contributed by atoms with Crippen molar-refractivity contribution in [3.8, 4) is 0 Å². The van der Waals surface area contributed by atoms with E-state index >= 15 is 0 Å². The zero-order valence-electron chi connectivity index (χ0n) is 17.5. The molecule has 8 heteroatoms. The molecule has 0 unspecified atom stereocenters. The highest BCUT2D eigenvalue weighted by Gasteiger charge is 2.28. The highest BCUT2D eigenvalue weighted by atomic mass is 32.1. The first kappa shape index (κ1) is 21.8. The van der Waals surface area contributed by atoms with Gasteiger partial charge in [0, 0.05) is 16.6 Å². The van der Waals surface area contributed by atoms with Gasteiger partial charge < -0.3 is 20.7 Å². The van der Waals surface area contributed by atoms with Gasteiger partial charge in [-0.3, -0.25) is 9.59 Å². The van der Waals surface area contributed by atoms with Crippen molar-refractivity contribution in [2.24, 2.45) is 0 Å². The van der Waals surface area contributed by atoms with Gasteiger partial charge in [-0.05, 0) is 57.7 Å². The van der Waals surface area contributed by atoms with Crippen LogP contribution in [-0.4, -0.2) is 37.0 Å². The Morgan fingerprint density at radius 2 is 1.93 bits per heavy atom. The fourth-order valence-corrected chi connectivity index (χ4v) is 4.73. The van der Waals surface area contributed by atoms with E-state index in [1.165, 1.54) is 11.3 Å². The Morgan fingerprint density at radius 3 is 2.67 bits per heavy atom. The van der Waals surface area contributed by atoms with Crippen LogP contribution in [0.5, 0.6) is 0 Å². The molecule has 0 fully saturated rings. The third-order valence-electron chi connectivity index (χ3n) is 4.68. The molecule has 1 heterocycles. The number of aryl methyl sites for hydroxylation is 1. The molecule has 0 saturated heterocycles. The summed E-state index contributed by atoms with van der Waals surface area (Å²) in [5.74, 6) is -0.886. The number of hydrogen-bond acceptors (Lipinski definition) is 6. The van der Waals surface area contributed by atoms with Crippen molar-refractivity contribution in [2.45, 2.75) is 46.1 Å². The molecule has 3 N–H and O–H groups in total. The number of thiophene rings is 1. The molecule has 0 radical (unpaired) electrons. The van der Waals surface area contributed by atoms with Gasteiger partial charge in [0.2, 0.25) is 5.91 Å². The number of rotatable bonds is 8. The van der Waals surface area contributed by atoms with E-state index in [0.29, 0.717) is 21.8 Å². The summed E-state index contributed by atoms with van der Waals surface area (Å²) in [5, 5.41) is 9.26. The lowest BCUT2D eigenvalue weighted by atomic mass is 10.1. The van der Waals surface area contributed by atoms with Gasteiger partial charge >= 0.3 is 5.97 Å². The fraction of sp³-hybridized carbons (Fsp3) is 0.409. The first-order valence-corrected chi connectivity index (χ1v) is 11.0. The highest BCUT2D eigenvalue weighted by Crippen LogP contribution is 2.39. The minimum Gasteiger partial charge on any atom is -0.462 e. The van der Waals surface area contributed by atoms with Crippen LogP contribution in [0.3, 0.4) is 0 Å². The summed E-state index contributed by atoms with van der Waals surface area (Å²) in [7, 11) is 0. The Kier molecular flexibility index (Phi) is 7.10. The van der Waals surface area contributed by atoms with Gasteiger partial charge in [0.25, 0.3) is 5.91 Å². The quantitative estimate of drug-likeness (QED) is 0.557. The molecule has 1 aromatic carbocycles. The maximum absolute atomic E-state index is 12.6. The van der Waals surface area contributed by atoms with Crippen molar-refractivity contribution in [3.63, 3.8) is 0 Å². The van der Waals surface area contributed by atoms with Crippen molar-refractivity contribution < 1.29 is 19.1 Å². The fourth-order valence-electron chi connectivity index (χ4n) is 3.43. The largest absolute Gasteiger partial charge is 0.462 e. The second kappa shape index (κ2) is 9.75. The smallest absolute Gasteiger partial charge is 0.341 e. The number of carbonyl (C=O) groups excluding carboxylic acids is 3. The maximum Gasteiger partial charge on any atom is 0.341 e. The van der Waals surface area contributed by atoms with E-state index in [9.17, 15) is 14.4 Å². The normalized spacial score (nSPS) is 12.4. The van der Waals surface area contributed by atoms with Crippen LogP contribution in [0.4, 0.5) is 10.7 Å². The first-order chi connectivity index (χ1) is 14.4. The van der Waals surface area contributed by atoms with Gasteiger partial charge in [-0.15, -0.1) is 11.3 Å². The number of para-hydroxylation sites is 1. The molecule has 0 aliphatic heterocycles. The average Bonchev–Trinajstić information content (AvgIpc) is 3.27. The summed E-state index contributed by atoms with van der Waals surface area (Å²) in [4.78, 5) is 38.5. The number of anilines is 2. The molecular formula is C22H27N3O4S. The molecule has 30 heavy (non-hydrogen) atoms. The minimum atomic E-state index is -0.393. The maximum atomic E-state index is 12.6. The van der Waals surface area contributed by atoms with Crippen molar-refractivity contribution in [3.05, 3.63) is 45.8 Å². The van der Waals surface area contributed by atoms with Gasteiger partial charge in [0.05, 0.1) is 24.3 Å². The lowest BCUT2D eigenvalue weighted by Crippen LogP contribution is -2.31. The Labute approximate surface area is 180 Å². The third-order valence-corrected chi connectivity index (χ3v) is 5.89. The average molecular weight is 430 g/mol. The predicted octanol–water partition coefficient (Wildman–Crippen LogP) is 3.60. The summed E-state index contributed by atoms with van der Waals surface area (Å²) in [5.41, 5.74) is 2.53. The Balaban J connectivity index is 1.69. The molecule has 0 saturated carbocycles. The lowest BCUT2D eigenvalue weighted by Gasteiger charge is -2.14. The number of benzene rings is 1. The first-order valence-electron chi connectivity index (χ1n) is 10.2. The Hall–Kier alpha value is -2.87. The van der Waals surface area contributed by atoms with Crippen LogP contribution in [0, 0.1) is 0 Å². The lowest BCUT2D eigenvalue weighted by molar-refractivity contribution is -0.114. The molecule has 3 rings (SSSR count). The number of hydrogen-bond donors (Lipinski definition) is 3. The molecule has 1 aromatic heterocycles. The van der Waals surface area contributed by atoms with Crippen molar-refractivity contribution >= 4 is 39.8 Å². The Morgan fingerprint density at radius 1 is 1.17 bits per heavy atom. The second-order valence-corrected chi connectivity index (χ2v) is 8.46. The zero-order chi connectivity index (χ0) is 21.7. The number of esters is 1. The summed E-state index contributed by atoms with van der Waals surface area (Å²) < 4.78 is 5.19. The number of nitrogens with one attached hydrogen (secondary N) is 3. The summed E-state index contributed by atoms with van der Waals surface area (Å²) in [6.45, 7) is 5.80. The molecule has 0 atom stereocenters. The minimum absolute atomic E-state index is 0.0101. The predicted molar refractivity (Wildman–Crippen MR) is 118 cm³/mol. The molecule has 2 amide bonds. The molecule has 2 aromatic rings. The number of fused-ring (bicyclic) bond motifs is 1. The van der Waals surface area contributed by atoms with Crippen LogP contribution < -0.4 is 16.0 Å². The van der Waals surface area contributed by atoms with Crippen LogP contribution >= 0.6 is 11.3 Å². The van der Waals surface area contributed by atoms with Crippen molar-refractivity contribution in [1.29, 1.82) is 0 Å². The summed E-state index contributed by atoms with van der Waals surface area (Å²) in [6, 6.07) is 7.05. The van der Waals surface area contributed by atoms with Gasteiger partial charge in [-0.2, -0.15) is 0 Å². The second-order valence-electron chi connectivity index (χ2n) is 7.36. The Bertz CT molecular complexity index is 952. The van der Waals surface area contributed by atoms with Crippen LogP contribution in [0.2, 0.25) is 0 Å². The van der Waals surface area contributed by atoms with E-state index in [0.717, 1.165) is 29.7 Å². The molecule has 0 spiro atoms. The van der Waals surface area contributed by atoms with Crippen molar-refractivity contribution in [2.75, 3.05) is 23.8 Å². The highest BCUT2D eigenvalue weighted by molar-refractivity contribution is 7.17. The van der Waals surface area contributed by atoms with Crippen LogP contribution in [0.15, 0.2) is 24.3 Å². The van der Waals surface area contributed by atoms with E-state index < -0.39 is 5.97 Å². The summed E-state index contributed by atoms with van der Waals surface area (Å²) >= 11 is 1.44. The van der Waals surface area contributed by atoms with Crippen LogP contribution in [0.1, 0.15) is 58.3 Å². The molecule has 1 aliphatic rings. The molecule has 160 valence electrons. The van der Waals surface area contributed by atoms with Crippen molar-refractivity contribution in [1.82, 2.24) is 5.32 Å². The van der Waals surface area contributed by atoms with E-state index in [-0.39, 0.29) is 31.0 Å². The monoisotopic (exact) mass is 429 g/mol. The number of amides is 2. The van der Waals surface area contributed by atoms with E-state index in [4.69, 9.17) is 4.74 Å². The van der Waals surface area contributed by atoms with E-state index in [1.807, 2.05) is 13.8 Å². The van der Waals surface area contributed by atoms with E-state index in [2.05, 4.69) is 16.0 Å². The van der Waals surface area contributed by atoms with Crippen LogP contribution in [0.25, 0.3) is 0 Å². The van der Waals surface area contributed by atoms with Crippen LogP contribution in [-0.2, 0) is 22.4 Å². The zero-order valence-corrected chi connectivity index (χ0v) is 18.3. The molecular weight excluding hydrogens is 402 g/mol. The molecule has 1 aliphatic carbocycles. The number of carbonyl (C=O) groups is 3. The standard InChI is InChI=1S/C22H27N3O4S/c1-4-29-22(28)19-15-9-7-11-17(15)30-21(19)25-18(26)12-23-16-10-6-5-8-14(16)20(27)24-13(2)3/h5-6,8,10,13,23H,4,7,9,11-12H2,1-3H3,(H,24,27)(H,25,26). The van der Waals surface area contributed by atoms with Gasteiger partial charge in [0.1, 0.15) is 5.00 Å². The topological polar surface area (TPSA) is 96.5 Å². The van der Waals surface area contributed by atoms with Gasteiger partial charge in [-0.25, -0.2) is 4.79 Å². The molecule has 0 bridgehead atoms.